The highest BCUT2D eigenvalue weighted by Gasteiger charge is 2.32. The number of hydrogen-bond acceptors (Lipinski definition) is 7. The lowest BCUT2D eigenvalue weighted by molar-refractivity contribution is -0.139. The SMILES string of the molecule is COCCOc1cccc(-c2ccc(OC3CN(C(=O)Cc4cccnn4)C3)nc2)c1. The Morgan fingerprint density at radius 1 is 1.10 bits per heavy atom. The molecule has 0 bridgehead atoms. The van der Waals surface area contributed by atoms with E-state index in [0.717, 1.165) is 16.9 Å². The van der Waals surface area contributed by atoms with Crippen LogP contribution >= 0.6 is 0 Å². The molecule has 1 aliphatic rings. The number of amides is 1. The molecule has 1 saturated heterocycles. The maximum atomic E-state index is 12.3. The van der Waals surface area contributed by atoms with Crippen LogP contribution in [0, 0.1) is 0 Å². The van der Waals surface area contributed by atoms with Crippen molar-refractivity contribution in [3.8, 4) is 22.8 Å². The van der Waals surface area contributed by atoms with Crippen molar-refractivity contribution < 1.29 is 19.0 Å². The molecule has 8 heteroatoms. The number of ether oxygens (including phenoxy) is 3. The summed E-state index contributed by atoms with van der Waals surface area (Å²) < 4.78 is 16.6. The Morgan fingerprint density at radius 2 is 2.00 bits per heavy atom. The van der Waals surface area contributed by atoms with Gasteiger partial charge in [-0.3, -0.25) is 4.79 Å². The molecular formula is C23H24N4O4. The molecule has 3 heterocycles. The number of carbonyl (C=O) groups excluding carboxylic acids is 1. The zero-order valence-corrected chi connectivity index (χ0v) is 17.3. The summed E-state index contributed by atoms with van der Waals surface area (Å²) >= 11 is 0. The lowest BCUT2D eigenvalue weighted by Gasteiger charge is -2.38. The number of rotatable bonds is 9. The number of methoxy groups -OCH3 is 1. The van der Waals surface area contributed by atoms with Crippen LogP contribution in [-0.4, -0.2) is 65.5 Å². The van der Waals surface area contributed by atoms with Crippen molar-refractivity contribution in [3.63, 3.8) is 0 Å². The van der Waals surface area contributed by atoms with Crippen LogP contribution in [0.25, 0.3) is 11.1 Å². The van der Waals surface area contributed by atoms with E-state index in [4.69, 9.17) is 14.2 Å². The van der Waals surface area contributed by atoms with Gasteiger partial charge in [0.15, 0.2) is 0 Å². The molecule has 8 nitrogen and oxygen atoms in total. The van der Waals surface area contributed by atoms with Crippen molar-refractivity contribution in [1.82, 2.24) is 20.1 Å². The number of nitrogens with zero attached hydrogens (tertiary/aromatic N) is 4. The summed E-state index contributed by atoms with van der Waals surface area (Å²) in [5, 5.41) is 7.75. The van der Waals surface area contributed by atoms with Gasteiger partial charge in [-0.15, -0.1) is 0 Å². The fourth-order valence-electron chi connectivity index (χ4n) is 3.21. The van der Waals surface area contributed by atoms with E-state index < -0.39 is 0 Å². The maximum absolute atomic E-state index is 12.3. The summed E-state index contributed by atoms with van der Waals surface area (Å²) in [6.45, 7) is 2.14. The fourth-order valence-corrected chi connectivity index (χ4v) is 3.21. The first kappa shape index (κ1) is 20.7. The largest absolute Gasteiger partial charge is 0.491 e. The number of aromatic nitrogens is 3. The molecule has 0 N–H and O–H groups in total. The van der Waals surface area contributed by atoms with E-state index in [1.165, 1.54) is 0 Å². The minimum atomic E-state index is -0.0540. The summed E-state index contributed by atoms with van der Waals surface area (Å²) in [5.41, 5.74) is 2.65. The average molecular weight is 420 g/mol. The van der Waals surface area contributed by atoms with Gasteiger partial charge in [-0.25, -0.2) is 4.98 Å². The number of hydrogen-bond donors (Lipinski definition) is 0. The molecule has 31 heavy (non-hydrogen) atoms. The van der Waals surface area contributed by atoms with E-state index in [2.05, 4.69) is 15.2 Å². The Morgan fingerprint density at radius 3 is 2.74 bits per heavy atom. The van der Waals surface area contributed by atoms with Crippen LogP contribution in [0.3, 0.4) is 0 Å². The van der Waals surface area contributed by atoms with Gasteiger partial charge in [0.05, 0.1) is 31.8 Å². The van der Waals surface area contributed by atoms with Crippen LogP contribution in [-0.2, 0) is 16.0 Å². The third-order valence-electron chi connectivity index (χ3n) is 4.91. The van der Waals surface area contributed by atoms with Crippen molar-refractivity contribution >= 4 is 5.91 Å². The van der Waals surface area contributed by atoms with Crippen LogP contribution in [0.2, 0.25) is 0 Å². The monoisotopic (exact) mass is 420 g/mol. The lowest BCUT2D eigenvalue weighted by Crippen LogP contribution is -2.56. The summed E-state index contributed by atoms with van der Waals surface area (Å²) in [4.78, 5) is 18.4. The van der Waals surface area contributed by atoms with Crippen molar-refractivity contribution in [2.45, 2.75) is 12.5 Å². The normalized spacial score (nSPS) is 13.5. The Bertz CT molecular complexity index is 992. The molecule has 1 aromatic carbocycles. The zero-order valence-electron chi connectivity index (χ0n) is 17.3. The first-order valence-electron chi connectivity index (χ1n) is 10.1. The van der Waals surface area contributed by atoms with Gasteiger partial charge in [0.2, 0.25) is 11.8 Å². The highest BCUT2D eigenvalue weighted by molar-refractivity contribution is 5.79. The third kappa shape index (κ3) is 5.55. The fraction of sp³-hybridized carbons (Fsp3) is 0.304. The van der Waals surface area contributed by atoms with E-state index in [-0.39, 0.29) is 18.4 Å². The quantitative estimate of drug-likeness (QED) is 0.491. The molecule has 4 rings (SSSR count). The Balaban J connectivity index is 1.27. The van der Waals surface area contributed by atoms with Crippen LogP contribution in [0.1, 0.15) is 5.69 Å². The van der Waals surface area contributed by atoms with E-state index in [1.807, 2.05) is 36.4 Å². The molecule has 0 atom stereocenters. The van der Waals surface area contributed by atoms with Crippen LogP contribution in [0.4, 0.5) is 0 Å². The first-order chi connectivity index (χ1) is 15.2. The molecule has 0 radical (unpaired) electrons. The topological polar surface area (TPSA) is 86.7 Å². The van der Waals surface area contributed by atoms with E-state index in [0.29, 0.717) is 37.9 Å². The molecule has 0 saturated carbocycles. The van der Waals surface area contributed by atoms with Gasteiger partial charge in [-0.2, -0.15) is 10.2 Å². The number of pyridine rings is 1. The molecule has 3 aromatic rings. The standard InChI is InChI=1S/C23H24N4O4/c1-29-10-11-30-20-6-2-4-17(12-20)18-7-8-22(24-14-18)31-21-15-27(16-21)23(28)13-19-5-3-9-25-26-19/h2-9,12,14,21H,10-11,13,15-16H2,1H3. The predicted molar refractivity (Wildman–Crippen MR) is 114 cm³/mol. The smallest absolute Gasteiger partial charge is 0.228 e. The number of carbonyl (C=O) groups is 1. The molecule has 0 spiro atoms. The molecule has 1 aliphatic heterocycles. The second-order valence-electron chi connectivity index (χ2n) is 7.18. The van der Waals surface area contributed by atoms with Gasteiger partial charge in [-0.1, -0.05) is 12.1 Å². The Hall–Kier alpha value is -3.52. The van der Waals surface area contributed by atoms with Crippen molar-refractivity contribution in [2.24, 2.45) is 0 Å². The molecule has 160 valence electrons. The Labute approximate surface area is 180 Å². The number of benzene rings is 1. The maximum Gasteiger partial charge on any atom is 0.228 e. The van der Waals surface area contributed by atoms with Crippen LogP contribution in [0.15, 0.2) is 60.9 Å². The van der Waals surface area contributed by atoms with Crippen molar-refractivity contribution in [1.29, 1.82) is 0 Å². The molecule has 0 unspecified atom stereocenters. The van der Waals surface area contributed by atoms with Gasteiger partial charge in [0.1, 0.15) is 18.5 Å². The summed E-state index contributed by atoms with van der Waals surface area (Å²) in [6, 6.07) is 15.2. The number of likely N-dealkylation sites (tertiary alicyclic amines) is 1. The molecule has 0 aliphatic carbocycles. The van der Waals surface area contributed by atoms with Gasteiger partial charge >= 0.3 is 0 Å². The first-order valence-corrected chi connectivity index (χ1v) is 10.1. The molecule has 1 fully saturated rings. The highest BCUT2D eigenvalue weighted by atomic mass is 16.5. The molecule has 1 amide bonds. The van der Waals surface area contributed by atoms with E-state index in [9.17, 15) is 4.79 Å². The van der Waals surface area contributed by atoms with Crippen molar-refractivity contribution in [2.75, 3.05) is 33.4 Å². The second-order valence-corrected chi connectivity index (χ2v) is 7.18. The van der Waals surface area contributed by atoms with Crippen molar-refractivity contribution in [3.05, 3.63) is 66.6 Å². The van der Waals surface area contributed by atoms with Crippen LogP contribution < -0.4 is 9.47 Å². The van der Waals surface area contributed by atoms with Gasteiger partial charge in [-0.05, 0) is 35.9 Å². The molecular weight excluding hydrogens is 396 g/mol. The zero-order chi connectivity index (χ0) is 21.5. The van der Waals surface area contributed by atoms with Gasteiger partial charge < -0.3 is 19.1 Å². The minimum Gasteiger partial charge on any atom is -0.491 e. The summed E-state index contributed by atoms with van der Waals surface area (Å²) in [5.74, 6) is 1.36. The summed E-state index contributed by atoms with van der Waals surface area (Å²) in [6.07, 6.45) is 3.57. The lowest BCUT2D eigenvalue weighted by atomic mass is 10.1. The summed E-state index contributed by atoms with van der Waals surface area (Å²) in [7, 11) is 1.65. The predicted octanol–water partition coefficient (Wildman–Crippen LogP) is 2.40. The van der Waals surface area contributed by atoms with Crippen LogP contribution in [0.5, 0.6) is 11.6 Å². The highest BCUT2D eigenvalue weighted by Crippen LogP contribution is 2.25. The van der Waals surface area contributed by atoms with E-state index >= 15 is 0 Å². The third-order valence-corrected chi connectivity index (χ3v) is 4.91. The average Bonchev–Trinajstić information content (AvgIpc) is 2.77. The second kappa shape index (κ2) is 9.99. The van der Waals surface area contributed by atoms with E-state index in [1.54, 1.807) is 36.5 Å². The van der Waals surface area contributed by atoms with Gasteiger partial charge in [0.25, 0.3) is 0 Å². The Kier molecular flexibility index (Phi) is 6.68. The van der Waals surface area contributed by atoms with Gasteiger partial charge in [0, 0.05) is 31.1 Å². The minimum absolute atomic E-state index is 0.0243. The molecule has 2 aromatic heterocycles.